The molecule has 1 aliphatic heterocycles. The predicted molar refractivity (Wildman–Crippen MR) is 115 cm³/mol. The number of pyridine rings is 1. The molecule has 3 aromatic heterocycles. The maximum Gasteiger partial charge on any atom is 0.254 e. The summed E-state index contributed by atoms with van der Waals surface area (Å²) in [6, 6.07) is 14.0. The van der Waals surface area contributed by atoms with Crippen molar-refractivity contribution in [2.75, 3.05) is 13.1 Å². The lowest BCUT2D eigenvalue weighted by molar-refractivity contribution is 0.0709. The number of aromatic nitrogens is 2. The largest absolute Gasteiger partial charge is 0.338 e. The maximum atomic E-state index is 13.5. The van der Waals surface area contributed by atoms with E-state index in [1.54, 1.807) is 22.7 Å². The molecule has 1 amide bonds. The van der Waals surface area contributed by atoms with Crippen molar-refractivity contribution in [2.24, 2.45) is 0 Å². The fourth-order valence-electron chi connectivity index (χ4n) is 3.87. The molecule has 0 spiro atoms. The summed E-state index contributed by atoms with van der Waals surface area (Å²) in [5.41, 5.74) is 2.48. The smallest absolute Gasteiger partial charge is 0.254 e. The van der Waals surface area contributed by atoms with Gasteiger partial charge in [0.15, 0.2) is 0 Å². The van der Waals surface area contributed by atoms with Gasteiger partial charge in [0.05, 0.1) is 26.7 Å². The van der Waals surface area contributed by atoms with Crippen LogP contribution < -0.4 is 0 Å². The van der Waals surface area contributed by atoms with Crippen molar-refractivity contribution in [2.45, 2.75) is 18.8 Å². The van der Waals surface area contributed by atoms with E-state index in [4.69, 9.17) is 4.98 Å². The van der Waals surface area contributed by atoms with Crippen LogP contribution in [0.4, 0.5) is 0 Å². The molecular weight excluding hydrogens is 386 g/mol. The van der Waals surface area contributed by atoms with Crippen LogP contribution >= 0.6 is 22.7 Å². The summed E-state index contributed by atoms with van der Waals surface area (Å²) < 4.78 is 0. The number of piperidine rings is 1. The fraction of sp³-hybridized carbons (Fsp3) is 0.227. The van der Waals surface area contributed by atoms with Crippen molar-refractivity contribution in [3.8, 4) is 10.6 Å². The number of hydrogen-bond acceptors (Lipinski definition) is 5. The topological polar surface area (TPSA) is 46.1 Å². The zero-order valence-electron chi connectivity index (χ0n) is 15.2. The number of likely N-dealkylation sites (tertiary alicyclic amines) is 1. The lowest BCUT2D eigenvalue weighted by atomic mass is 9.97. The SMILES string of the molecule is O=C(c1cc(-c2cccs2)nc2ccccc12)N1CCCC(c2nccs2)C1. The molecule has 1 saturated heterocycles. The monoisotopic (exact) mass is 405 g/mol. The molecule has 1 unspecified atom stereocenters. The number of fused-ring (bicyclic) bond motifs is 1. The highest BCUT2D eigenvalue weighted by Gasteiger charge is 2.28. The Bertz CT molecular complexity index is 1110. The van der Waals surface area contributed by atoms with E-state index in [1.807, 2.05) is 58.3 Å². The lowest BCUT2D eigenvalue weighted by Gasteiger charge is -2.32. The number of thiophene rings is 1. The quantitative estimate of drug-likeness (QED) is 0.456. The number of benzene rings is 1. The van der Waals surface area contributed by atoms with Crippen molar-refractivity contribution in [1.82, 2.24) is 14.9 Å². The predicted octanol–water partition coefficient (Wildman–Crippen LogP) is 5.44. The Kier molecular flexibility index (Phi) is 4.66. The summed E-state index contributed by atoms with van der Waals surface area (Å²) in [5.74, 6) is 0.431. The van der Waals surface area contributed by atoms with Crippen molar-refractivity contribution < 1.29 is 4.79 Å². The molecule has 140 valence electrons. The average molecular weight is 406 g/mol. The zero-order valence-corrected chi connectivity index (χ0v) is 16.9. The van der Waals surface area contributed by atoms with Crippen molar-refractivity contribution in [1.29, 1.82) is 0 Å². The van der Waals surface area contributed by atoms with Gasteiger partial charge < -0.3 is 4.90 Å². The molecular formula is C22H19N3OS2. The zero-order chi connectivity index (χ0) is 18.9. The van der Waals surface area contributed by atoms with Crippen LogP contribution in [0.1, 0.15) is 34.1 Å². The molecule has 1 aromatic carbocycles. The molecule has 4 nitrogen and oxygen atoms in total. The summed E-state index contributed by atoms with van der Waals surface area (Å²) in [4.78, 5) is 25.9. The van der Waals surface area contributed by atoms with Crippen LogP contribution in [0.2, 0.25) is 0 Å². The first-order valence-electron chi connectivity index (χ1n) is 9.42. The van der Waals surface area contributed by atoms with Gasteiger partial charge in [-0.1, -0.05) is 24.3 Å². The van der Waals surface area contributed by atoms with Crippen LogP contribution in [0.25, 0.3) is 21.5 Å². The molecule has 6 heteroatoms. The van der Waals surface area contributed by atoms with Gasteiger partial charge in [-0.3, -0.25) is 4.79 Å². The van der Waals surface area contributed by atoms with Crippen LogP contribution in [-0.4, -0.2) is 33.9 Å². The summed E-state index contributed by atoms with van der Waals surface area (Å²) >= 11 is 3.33. The molecule has 1 fully saturated rings. The van der Waals surface area contributed by atoms with E-state index in [2.05, 4.69) is 11.1 Å². The second-order valence-electron chi connectivity index (χ2n) is 7.01. The van der Waals surface area contributed by atoms with Crippen LogP contribution in [0.3, 0.4) is 0 Å². The van der Waals surface area contributed by atoms with Gasteiger partial charge in [0.1, 0.15) is 0 Å². The van der Waals surface area contributed by atoms with E-state index in [0.29, 0.717) is 5.92 Å². The van der Waals surface area contributed by atoms with Gasteiger partial charge in [-0.15, -0.1) is 22.7 Å². The number of rotatable bonds is 3. The minimum atomic E-state index is 0.0951. The molecule has 0 saturated carbocycles. The number of carbonyl (C=O) groups is 1. The third kappa shape index (κ3) is 3.23. The molecule has 0 aliphatic carbocycles. The Morgan fingerprint density at radius 3 is 2.86 bits per heavy atom. The van der Waals surface area contributed by atoms with E-state index in [-0.39, 0.29) is 5.91 Å². The van der Waals surface area contributed by atoms with Crippen LogP contribution in [-0.2, 0) is 0 Å². The molecule has 0 bridgehead atoms. The molecule has 4 heterocycles. The van der Waals surface area contributed by atoms with Crippen molar-refractivity contribution >= 4 is 39.5 Å². The van der Waals surface area contributed by atoms with Crippen LogP contribution in [0, 0.1) is 0 Å². The number of hydrogen-bond donors (Lipinski definition) is 0. The maximum absolute atomic E-state index is 13.5. The summed E-state index contributed by atoms with van der Waals surface area (Å²) in [7, 11) is 0. The Labute approximate surface area is 171 Å². The number of para-hydroxylation sites is 1. The van der Waals surface area contributed by atoms with Gasteiger partial charge in [-0.25, -0.2) is 9.97 Å². The second kappa shape index (κ2) is 7.45. The molecule has 1 atom stereocenters. The Hall–Kier alpha value is -2.57. The van der Waals surface area contributed by atoms with Gasteiger partial charge in [0.2, 0.25) is 0 Å². The first-order chi connectivity index (χ1) is 13.8. The molecule has 0 N–H and O–H groups in total. The van der Waals surface area contributed by atoms with Crippen LogP contribution in [0.15, 0.2) is 59.4 Å². The van der Waals surface area contributed by atoms with E-state index >= 15 is 0 Å². The number of carbonyl (C=O) groups excluding carboxylic acids is 1. The fourth-order valence-corrected chi connectivity index (χ4v) is 5.33. The normalized spacial score (nSPS) is 17.1. The molecule has 5 rings (SSSR count). The first-order valence-corrected chi connectivity index (χ1v) is 11.2. The van der Waals surface area contributed by atoms with E-state index in [0.717, 1.165) is 58.0 Å². The third-order valence-corrected chi connectivity index (χ3v) is 7.06. The second-order valence-corrected chi connectivity index (χ2v) is 8.88. The Morgan fingerprint density at radius 1 is 1.11 bits per heavy atom. The molecule has 1 aliphatic rings. The van der Waals surface area contributed by atoms with Gasteiger partial charge in [0.25, 0.3) is 5.91 Å². The lowest BCUT2D eigenvalue weighted by Crippen LogP contribution is -2.39. The number of thiazole rings is 1. The van der Waals surface area contributed by atoms with Crippen molar-refractivity contribution in [3.63, 3.8) is 0 Å². The molecule has 0 radical (unpaired) electrons. The average Bonchev–Trinajstić information content (AvgIpc) is 3.47. The van der Waals surface area contributed by atoms with Gasteiger partial charge in [-0.05, 0) is 36.4 Å². The van der Waals surface area contributed by atoms with E-state index in [9.17, 15) is 4.79 Å². The standard InChI is InChI=1S/C22H19N3OS2/c26-22(25-10-3-5-15(14-25)21-23-9-12-28-21)17-13-19(20-8-4-11-27-20)24-18-7-2-1-6-16(17)18/h1-2,4,6-9,11-13,15H,3,5,10,14H2. The first kappa shape index (κ1) is 17.5. The summed E-state index contributed by atoms with van der Waals surface area (Å²) in [6.07, 6.45) is 3.95. The summed E-state index contributed by atoms with van der Waals surface area (Å²) in [6.45, 7) is 1.53. The van der Waals surface area contributed by atoms with Gasteiger partial charge in [0, 0.05) is 36.0 Å². The highest BCUT2D eigenvalue weighted by atomic mass is 32.1. The minimum absolute atomic E-state index is 0.0951. The van der Waals surface area contributed by atoms with Gasteiger partial charge >= 0.3 is 0 Å². The Balaban J connectivity index is 1.53. The van der Waals surface area contributed by atoms with Crippen LogP contribution in [0.5, 0.6) is 0 Å². The van der Waals surface area contributed by atoms with Crippen molar-refractivity contribution in [3.05, 3.63) is 70.0 Å². The number of amides is 1. The third-order valence-electron chi connectivity index (χ3n) is 5.23. The number of nitrogens with zero attached hydrogens (tertiary/aromatic N) is 3. The summed E-state index contributed by atoms with van der Waals surface area (Å²) in [5, 5.41) is 6.11. The van der Waals surface area contributed by atoms with Gasteiger partial charge in [-0.2, -0.15) is 0 Å². The highest BCUT2D eigenvalue weighted by molar-refractivity contribution is 7.13. The van der Waals surface area contributed by atoms with E-state index < -0.39 is 0 Å². The minimum Gasteiger partial charge on any atom is -0.338 e. The highest BCUT2D eigenvalue weighted by Crippen LogP contribution is 2.32. The van der Waals surface area contributed by atoms with E-state index in [1.165, 1.54) is 0 Å². The Morgan fingerprint density at radius 2 is 2.04 bits per heavy atom. The molecule has 4 aromatic rings. The molecule has 28 heavy (non-hydrogen) atoms.